The summed E-state index contributed by atoms with van der Waals surface area (Å²) in [5, 5.41) is 12.7. The van der Waals surface area contributed by atoms with E-state index < -0.39 is 11.4 Å². The number of rotatable bonds is 11. The Morgan fingerprint density at radius 2 is 1.78 bits per heavy atom. The van der Waals surface area contributed by atoms with Gasteiger partial charge in [0, 0.05) is 25.5 Å². The zero-order valence-corrected chi connectivity index (χ0v) is 23.9. The van der Waals surface area contributed by atoms with Crippen LogP contribution in [0.3, 0.4) is 0 Å². The second-order valence-electron chi connectivity index (χ2n) is 8.06. The van der Waals surface area contributed by atoms with Gasteiger partial charge < -0.3 is 19.6 Å². The highest BCUT2D eigenvalue weighted by molar-refractivity contribution is 5.97. The van der Waals surface area contributed by atoms with E-state index in [0.717, 1.165) is 12.8 Å². The standard InChI is InChI=1S/C15H21NO4.C11H16.C2H4O2.C2H6/c1-4-11(17)14-12(18)9-13(20-15(14)19)10(2)7-5-6-8-16-3;1-3-4-5-11-8-6-10(2)7-9-11;1-4-2-3;1-2/h6,8-10,16,18H,4-5,7H2,1-3H3;6-9H,3-5H2,1-2H3;2H,1H3;1-2H3/b8-6+;;;. The Balaban J connectivity index is 0. The summed E-state index contributed by atoms with van der Waals surface area (Å²) in [5.74, 6) is -0.313. The maximum absolute atomic E-state index is 11.8. The molecule has 0 amide bonds. The number of aromatic hydroxyl groups is 1. The molecule has 0 spiro atoms. The number of allylic oxidation sites excluding steroid dienone is 1. The van der Waals surface area contributed by atoms with Gasteiger partial charge >= 0.3 is 5.63 Å². The van der Waals surface area contributed by atoms with Gasteiger partial charge in [-0.2, -0.15) is 0 Å². The molecule has 1 unspecified atom stereocenters. The summed E-state index contributed by atoms with van der Waals surface area (Å²) in [6.45, 7) is 12.3. The average molecular weight is 518 g/mol. The molecule has 2 N–H and O–H groups in total. The third-order valence-electron chi connectivity index (χ3n) is 5.12. The van der Waals surface area contributed by atoms with Crippen LogP contribution in [0, 0.1) is 6.92 Å². The second-order valence-corrected chi connectivity index (χ2v) is 8.06. The molecule has 0 saturated heterocycles. The van der Waals surface area contributed by atoms with Crippen LogP contribution in [-0.4, -0.2) is 31.5 Å². The molecule has 0 bridgehead atoms. The number of Topliss-reactive ketones (excluding diaryl/α,β-unsaturated/α-hetero) is 1. The zero-order valence-electron chi connectivity index (χ0n) is 23.9. The molecule has 37 heavy (non-hydrogen) atoms. The lowest BCUT2D eigenvalue weighted by atomic mass is 10.0. The van der Waals surface area contributed by atoms with Gasteiger partial charge in [0.05, 0.1) is 7.11 Å². The molecule has 0 aliphatic rings. The van der Waals surface area contributed by atoms with Crippen molar-refractivity contribution in [3.05, 3.63) is 75.5 Å². The van der Waals surface area contributed by atoms with Crippen LogP contribution in [0.2, 0.25) is 0 Å². The summed E-state index contributed by atoms with van der Waals surface area (Å²) in [7, 11) is 3.13. The number of ketones is 1. The summed E-state index contributed by atoms with van der Waals surface area (Å²) in [6, 6.07) is 10.2. The first kappa shape index (κ1) is 35.8. The van der Waals surface area contributed by atoms with Crippen molar-refractivity contribution in [2.45, 2.75) is 86.0 Å². The van der Waals surface area contributed by atoms with Crippen LogP contribution >= 0.6 is 0 Å². The molecule has 2 aromatic rings. The van der Waals surface area contributed by atoms with Gasteiger partial charge in [-0.3, -0.25) is 9.59 Å². The van der Waals surface area contributed by atoms with E-state index in [9.17, 15) is 14.7 Å². The molecule has 1 aromatic heterocycles. The number of carbonyl (C=O) groups is 2. The second kappa shape index (κ2) is 23.1. The van der Waals surface area contributed by atoms with Crippen LogP contribution in [0.25, 0.3) is 0 Å². The summed E-state index contributed by atoms with van der Waals surface area (Å²) in [5.41, 5.74) is 1.81. The average Bonchev–Trinajstić information content (AvgIpc) is 2.91. The largest absolute Gasteiger partial charge is 0.507 e. The molecule has 0 saturated carbocycles. The third kappa shape index (κ3) is 16.1. The third-order valence-corrected chi connectivity index (χ3v) is 5.12. The quantitative estimate of drug-likeness (QED) is 0.252. The number of methoxy groups -OCH3 is 1. The van der Waals surface area contributed by atoms with Gasteiger partial charge in [0.1, 0.15) is 17.1 Å². The van der Waals surface area contributed by atoms with E-state index in [1.165, 1.54) is 43.6 Å². The Morgan fingerprint density at radius 1 is 1.19 bits per heavy atom. The van der Waals surface area contributed by atoms with Crippen LogP contribution in [0.5, 0.6) is 5.75 Å². The fourth-order valence-corrected chi connectivity index (χ4v) is 3.00. The molecule has 7 nitrogen and oxygen atoms in total. The number of carbonyl (C=O) groups excluding carboxylic acids is 2. The Morgan fingerprint density at radius 3 is 2.24 bits per heavy atom. The predicted octanol–water partition coefficient (Wildman–Crippen LogP) is 6.71. The van der Waals surface area contributed by atoms with E-state index in [0.29, 0.717) is 12.2 Å². The van der Waals surface area contributed by atoms with E-state index >= 15 is 0 Å². The van der Waals surface area contributed by atoms with Crippen LogP contribution in [0.15, 0.2) is 51.8 Å². The van der Waals surface area contributed by atoms with Crippen molar-refractivity contribution >= 4 is 12.3 Å². The highest BCUT2D eigenvalue weighted by atomic mass is 16.5. The molecule has 0 radical (unpaired) electrons. The SMILES string of the molecule is CC.CCC(=O)c1c(O)cc(C(C)CC/C=C/NC)oc1=O.CCCCc1ccc(C)cc1.COC=O. The van der Waals surface area contributed by atoms with E-state index in [4.69, 9.17) is 9.21 Å². The van der Waals surface area contributed by atoms with Gasteiger partial charge in [-0.25, -0.2) is 4.79 Å². The number of benzene rings is 1. The Labute approximate surface area is 222 Å². The van der Waals surface area contributed by atoms with Gasteiger partial charge in [-0.1, -0.05) is 76.9 Å². The van der Waals surface area contributed by atoms with Crippen molar-refractivity contribution < 1.29 is 23.8 Å². The summed E-state index contributed by atoms with van der Waals surface area (Å²) >= 11 is 0. The number of nitrogens with one attached hydrogen (secondary N) is 1. The van der Waals surface area contributed by atoms with Crippen LogP contribution in [0.4, 0.5) is 0 Å². The number of aryl methyl sites for hydroxylation is 2. The fourth-order valence-electron chi connectivity index (χ4n) is 3.00. The van der Waals surface area contributed by atoms with Crippen molar-refractivity contribution in [3.63, 3.8) is 0 Å². The van der Waals surface area contributed by atoms with Crippen molar-refractivity contribution in [2.75, 3.05) is 14.2 Å². The van der Waals surface area contributed by atoms with E-state index in [2.05, 4.69) is 48.2 Å². The highest BCUT2D eigenvalue weighted by Crippen LogP contribution is 2.25. The number of ether oxygens (including phenoxy) is 1. The minimum absolute atomic E-state index is 0.0131. The van der Waals surface area contributed by atoms with Gasteiger partial charge in [0.15, 0.2) is 5.78 Å². The minimum Gasteiger partial charge on any atom is -0.507 e. The van der Waals surface area contributed by atoms with Crippen LogP contribution in [0.1, 0.15) is 99.9 Å². The maximum Gasteiger partial charge on any atom is 0.350 e. The molecule has 1 atom stereocenters. The first-order valence-corrected chi connectivity index (χ1v) is 13.0. The first-order chi connectivity index (χ1) is 17.7. The molecular weight excluding hydrogens is 470 g/mol. The van der Waals surface area contributed by atoms with E-state index in [-0.39, 0.29) is 23.7 Å². The van der Waals surface area contributed by atoms with Crippen molar-refractivity contribution in [1.29, 1.82) is 0 Å². The highest BCUT2D eigenvalue weighted by Gasteiger charge is 2.19. The molecule has 1 aromatic carbocycles. The number of hydrogen-bond acceptors (Lipinski definition) is 7. The van der Waals surface area contributed by atoms with Gasteiger partial charge in [-0.05, 0) is 44.4 Å². The number of hydrogen-bond donors (Lipinski definition) is 2. The van der Waals surface area contributed by atoms with E-state index in [1.807, 2.05) is 40.1 Å². The van der Waals surface area contributed by atoms with Gasteiger partial charge in [-0.15, -0.1) is 0 Å². The van der Waals surface area contributed by atoms with Crippen molar-refractivity contribution in [1.82, 2.24) is 5.32 Å². The van der Waals surface area contributed by atoms with E-state index in [1.54, 1.807) is 6.92 Å². The maximum atomic E-state index is 11.8. The lowest BCUT2D eigenvalue weighted by Crippen LogP contribution is -2.15. The Hall–Kier alpha value is -3.35. The smallest absolute Gasteiger partial charge is 0.350 e. The summed E-state index contributed by atoms with van der Waals surface area (Å²) in [6.07, 6.45) is 9.40. The molecule has 0 aliphatic heterocycles. The number of unbranched alkanes of at least 4 members (excludes halogenated alkanes) is 1. The molecule has 0 aliphatic carbocycles. The predicted molar refractivity (Wildman–Crippen MR) is 151 cm³/mol. The molecule has 208 valence electrons. The topological polar surface area (TPSA) is 106 Å². The first-order valence-electron chi connectivity index (χ1n) is 13.0. The zero-order chi connectivity index (χ0) is 28.6. The van der Waals surface area contributed by atoms with Gasteiger partial charge in [0.2, 0.25) is 0 Å². The molecule has 7 heteroatoms. The molecule has 1 heterocycles. The van der Waals surface area contributed by atoms with Crippen molar-refractivity contribution in [3.8, 4) is 5.75 Å². The van der Waals surface area contributed by atoms with Crippen molar-refractivity contribution in [2.24, 2.45) is 0 Å². The molecule has 0 fully saturated rings. The molecule has 2 rings (SSSR count). The lowest BCUT2D eigenvalue weighted by Gasteiger charge is -2.10. The Bertz CT molecular complexity index is 948. The summed E-state index contributed by atoms with van der Waals surface area (Å²) < 4.78 is 9.02. The fraction of sp³-hybridized carbons (Fsp3) is 0.500. The minimum atomic E-state index is -0.760. The van der Waals surface area contributed by atoms with Crippen LogP contribution < -0.4 is 10.9 Å². The normalized spacial score (nSPS) is 10.5. The summed E-state index contributed by atoms with van der Waals surface area (Å²) in [4.78, 5) is 32.3. The monoisotopic (exact) mass is 517 g/mol. The molecular formula is C30H47NO6. The van der Waals surface area contributed by atoms with Gasteiger partial charge in [0.25, 0.3) is 6.47 Å². The Kier molecular flexibility index (Phi) is 22.3. The lowest BCUT2D eigenvalue weighted by molar-refractivity contribution is -0.126. The van der Waals surface area contributed by atoms with Crippen LogP contribution in [-0.2, 0) is 16.0 Å².